The van der Waals surface area contributed by atoms with Crippen molar-refractivity contribution in [3.05, 3.63) is 35.4 Å². The van der Waals surface area contributed by atoms with Crippen molar-refractivity contribution < 1.29 is 5.11 Å². The Bertz CT molecular complexity index is 258. The van der Waals surface area contributed by atoms with Crippen LogP contribution in [0.25, 0.3) is 0 Å². The molecule has 0 heterocycles. The zero-order chi connectivity index (χ0) is 9.14. The van der Waals surface area contributed by atoms with E-state index in [1.807, 2.05) is 31.2 Å². The molecule has 1 aromatic rings. The molecule has 0 fully saturated rings. The molecule has 0 unspecified atom stereocenters. The zero-order valence-electron chi connectivity index (χ0n) is 7.49. The maximum absolute atomic E-state index is 9.27. The number of hydrogen-bond acceptors (Lipinski definition) is 2. The SMILES string of the molecule is Cc1ccccc1[C@H](N)[C@H](C)O. The normalized spacial score (nSPS) is 15.7. The van der Waals surface area contributed by atoms with Crippen LogP contribution in [0.1, 0.15) is 24.1 Å². The Hall–Kier alpha value is -0.860. The van der Waals surface area contributed by atoms with E-state index in [0.717, 1.165) is 11.1 Å². The summed E-state index contributed by atoms with van der Waals surface area (Å²) in [7, 11) is 0. The second-order valence-corrected chi connectivity index (χ2v) is 3.12. The Kier molecular flexibility index (Phi) is 2.84. The number of aliphatic hydroxyl groups excluding tert-OH is 1. The summed E-state index contributed by atoms with van der Waals surface area (Å²) in [5.41, 5.74) is 7.94. The molecule has 2 atom stereocenters. The quantitative estimate of drug-likeness (QED) is 0.695. The van der Waals surface area contributed by atoms with Crippen molar-refractivity contribution in [3.8, 4) is 0 Å². The second kappa shape index (κ2) is 3.70. The van der Waals surface area contributed by atoms with Crippen LogP contribution in [-0.4, -0.2) is 11.2 Å². The highest BCUT2D eigenvalue weighted by Crippen LogP contribution is 2.17. The summed E-state index contributed by atoms with van der Waals surface area (Å²) in [4.78, 5) is 0. The average Bonchev–Trinajstić information content (AvgIpc) is 2.04. The first-order valence-electron chi connectivity index (χ1n) is 4.12. The van der Waals surface area contributed by atoms with E-state index in [0.29, 0.717) is 0 Å². The predicted octanol–water partition coefficient (Wildman–Crippen LogP) is 1.38. The van der Waals surface area contributed by atoms with Crippen LogP contribution in [0.4, 0.5) is 0 Å². The summed E-state index contributed by atoms with van der Waals surface area (Å²) >= 11 is 0. The highest BCUT2D eigenvalue weighted by molar-refractivity contribution is 5.28. The molecule has 1 aromatic carbocycles. The molecule has 0 radical (unpaired) electrons. The average molecular weight is 165 g/mol. The van der Waals surface area contributed by atoms with Gasteiger partial charge in [0.1, 0.15) is 0 Å². The monoisotopic (exact) mass is 165 g/mol. The number of aryl methyl sites for hydroxylation is 1. The molecular formula is C10H15NO. The van der Waals surface area contributed by atoms with Gasteiger partial charge in [-0.05, 0) is 25.0 Å². The fourth-order valence-electron chi connectivity index (χ4n) is 1.22. The van der Waals surface area contributed by atoms with Crippen LogP contribution < -0.4 is 5.73 Å². The molecular weight excluding hydrogens is 150 g/mol. The lowest BCUT2D eigenvalue weighted by molar-refractivity contribution is 0.164. The summed E-state index contributed by atoms with van der Waals surface area (Å²) in [5.74, 6) is 0. The Morgan fingerprint density at radius 2 is 1.92 bits per heavy atom. The van der Waals surface area contributed by atoms with Gasteiger partial charge in [0.15, 0.2) is 0 Å². The van der Waals surface area contributed by atoms with E-state index in [2.05, 4.69) is 0 Å². The van der Waals surface area contributed by atoms with Gasteiger partial charge in [-0.1, -0.05) is 24.3 Å². The molecule has 0 aliphatic heterocycles. The van der Waals surface area contributed by atoms with E-state index >= 15 is 0 Å². The number of rotatable bonds is 2. The standard InChI is InChI=1S/C10H15NO/c1-7-5-3-4-6-9(7)10(11)8(2)12/h3-6,8,10,12H,11H2,1-2H3/t8-,10+/m0/s1. The summed E-state index contributed by atoms with van der Waals surface area (Å²) in [6.07, 6.45) is -0.494. The predicted molar refractivity (Wildman–Crippen MR) is 49.8 cm³/mol. The lowest BCUT2D eigenvalue weighted by Crippen LogP contribution is -2.23. The summed E-state index contributed by atoms with van der Waals surface area (Å²) in [6.45, 7) is 3.70. The van der Waals surface area contributed by atoms with Gasteiger partial charge in [0.2, 0.25) is 0 Å². The number of benzene rings is 1. The van der Waals surface area contributed by atoms with Crippen LogP contribution in [0.3, 0.4) is 0 Å². The molecule has 66 valence electrons. The van der Waals surface area contributed by atoms with E-state index in [9.17, 15) is 5.11 Å². The highest BCUT2D eigenvalue weighted by Gasteiger charge is 2.12. The third-order valence-electron chi connectivity index (χ3n) is 2.07. The molecule has 0 saturated carbocycles. The van der Waals surface area contributed by atoms with Gasteiger partial charge in [-0.15, -0.1) is 0 Å². The minimum absolute atomic E-state index is 0.272. The van der Waals surface area contributed by atoms with Crippen molar-refractivity contribution in [1.29, 1.82) is 0 Å². The lowest BCUT2D eigenvalue weighted by Gasteiger charge is -2.16. The topological polar surface area (TPSA) is 46.2 Å². The Labute approximate surface area is 73.0 Å². The Morgan fingerprint density at radius 1 is 1.33 bits per heavy atom. The molecule has 0 aliphatic rings. The third kappa shape index (κ3) is 1.84. The molecule has 12 heavy (non-hydrogen) atoms. The maximum atomic E-state index is 9.27. The first-order valence-corrected chi connectivity index (χ1v) is 4.12. The first kappa shape index (κ1) is 9.23. The van der Waals surface area contributed by atoms with Crippen molar-refractivity contribution in [2.75, 3.05) is 0 Å². The fraction of sp³-hybridized carbons (Fsp3) is 0.400. The van der Waals surface area contributed by atoms with Gasteiger partial charge >= 0.3 is 0 Å². The molecule has 0 saturated heterocycles. The van der Waals surface area contributed by atoms with Crippen molar-refractivity contribution in [2.45, 2.75) is 26.0 Å². The molecule has 0 bridgehead atoms. The smallest absolute Gasteiger partial charge is 0.0704 e. The maximum Gasteiger partial charge on any atom is 0.0704 e. The van der Waals surface area contributed by atoms with E-state index in [-0.39, 0.29) is 6.04 Å². The van der Waals surface area contributed by atoms with Crippen LogP contribution in [0, 0.1) is 6.92 Å². The van der Waals surface area contributed by atoms with E-state index in [4.69, 9.17) is 5.73 Å². The summed E-state index contributed by atoms with van der Waals surface area (Å²) in [6, 6.07) is 7.58. The molecule has 0 amide bonds. The van der Waals surface area contributed by atoms with Crippen molar-refractivity contribution in [1.82, 2.24) is 0 Å². The minimum atomic E-state index is -0.494. The third-order valence-corrected chi connectivity index (χ3v) is 2.07. The van der Waals surface area contributed by atoms with Gasteiger partial charge in [0.05, 0.1) is 12.1 Å². The second-order valence-electron chi connectivity index (χ2n) is 3.12. The Morgan fingerprint density at radius 3 is 2.42 bits per heavy atom. The van der Waals surface area contributed by atoms with Gasteiger partial charge in [0.25, 0.3) is 0 Å². The first-order chi connectivity index (χ1) is 5.63. The number of nitrogens with two attached hydrogens (primary N) is 1. The molecule has 0 aliphatic carbocycles. The van der Waals surface area contributed by atoms with Gasteiger partial charge in [-0.25, -0.2) is 0 Å². The molecule has 1 rings (SSSR count). The fourth-order valence-corrected chi connectivity index (χ4v) is 1.22. The van der Waals surface area contributed by atoms with Crippen LogP contribution in [-0.2, 0) is 0 Å². The van der Waals surface area contributed by atoms with Crippen molar-refractivity contribution >= 4 is 0 Å². The van der Waals surface area contributed by atoms with Crippen molar-refractivity contribution in [2.24, 2.45) is 5.73 Å². The lowest BCUT2D eigenvalue weighted by atomic mass is 9.99. The van der Waals surface area contributed by atoms with E-state index in [1.54, 1.807) is 6.92 Å². The van der Waals surface area contributed by atoms with E-state index in [1.165, 1.54) is 0 Å². The number of hydrogen-bond donors (Lipinski definition) is 2. The molecule has 0 spiro atoms. The molecule has 2 nitrogen and oxygen atoms in total. The molecule has 2 heteroatoms. The van der Waals surface area contributed by atoms with Gasteiger partial charge < -0.3 is 10.8 Å². The van der Waals surface area contributed by atoms with Gasteiger partial charge in [-0.2, -0.15) is 0 Å². The van der Waals surface area contributed by atoms with Crippen molar-refractivity contribution in [3.63, 3.8) is 0 Å². The molecule has 3 N–H and O–H groups in total. The summed E-state index contributed by atoms with van der Waals surface area (Å²) in [5, 5.41) is 9.27. The Balaban J connectivity index is 2.94. The van der Waals surface area contributed by atoms with Gasteiger partial charge in [-0.3, -0.25) is 0 Å². The van der Waals surface area contributed by atoms with Crippen LogP contribution >= 0.6 is 0 Å². The van der Waals surface area contributed by atoms with Crippen LogP contribution in [0.5, 0.6) is 0 Å². The van der Waals surface area contributed by atoms with E-state index < -0.39 is 6.10 Å². The zero-order valence-corrected chi connectivity index (χ0v) is 7.49. The number of aliphatic hydroxyl groups is 1. The van der Waals surface area contributed by atoms with Gasteiger partial charge in [0, 0.05) is 0 Å². The van der Waals surface area contributed by atoms with Crippen LogP contribution in [0.2, 0.25) is 0 Å². The van der Waals surface area contributed by atoms with Crippen LogP contribution in [0.15, 0.2) is 24.3 Å². The highest BCUT2D eigenvalue weighted by atomic mass is 16.3. The largest absolute Gasteiger partial charge is 0.391 e. The summed E-state index contributed by atoms with van der Waals surface area (Å²) < 4.78 is 0. The minimum Gasteiger partial charge on any atom is -0.391 e. The molecule has 0 aromatic heterocycles.